The van der Waals surface area contributed by atoms with Gasteiger partial charge < -0.3 is 5.32 Å². The molecule has 27 heavy (non-hydrogen) atoms. The van der Waals surface area contributed by atoms with Crippen molar-refractivity contribution in [2.45, 2.75) is 43.0 Å². The number of allylic oxidation sites excluding steroid dienone is 1. The highest BCUT2D eigenvalue weighted by Gasteiger charge is 2.28. The lowest BCUT2D eigenvalue weighted by Crippen LogP contribution is -2.38. The first-order valence-corrected chi connectivity index (χ1v) is 10.1. The predicted octanol–water partition coefficient (Wildman–Crippen LogP) is 2.13. The van der Waals surface area contributed by atoms with Crippen LogP contribution in [0.1, 0.15) is 37.9 Å². The van der Waals surface area contributed by atoms with Crippen molar-refractivity contribution in [3.63, 3.8) is 0 Å². The summed E-state index contributed by atoms with van der Waals surface area (Å²) in [5.74, 6) is 0.179. The van der Waals surface area contributed by atoms with Gasteiger partial charge in [0, 0.05) is 25.0 Å². The van der Waals surface area contributed by atoms with Gasteiger partial charge in [-0.05, 0) is 42.3 Å². The third-order valence-corrected chi connectivity index (χ3v) is 6.63. The molecule has 1 heterocycles. The summed E-state index contributed by atoms with van der Waals surface area (Å²) in [6.07, 6.45) is 6.58. The Bertz CT molecular complexity index is 925. The Morgan fingerprint density at radius 1 is 1.30 bits per heavy atom. The van der Waals surface area contributed by atoms with Crippen molar-refractivity contribution in [1.29, 1.82) is 5.26 Å². The summed E-state index contributed by atoms with van der Waals surface area (Å²) >= 11 is 0. The number of H-pyrrole nitrogens is 1. The Kier molecular flexibility index (Phi) is 5.83. The minimum atomic E-state index is -3.52. The minimum Gasteiger partial charge on any atom is -0.360 e. The number of hydrogen-bond donors (Lipinski definition) is 2. The van der Waals surface area contributed by atoms with Crippen molar-refractivity contribution in [3.05, 3.63) is 36.3 Å². The molecule has 1 fully saturated rings. The number of hydrogen-bond acceptors (Lipinski definition) is 7. The smallest absolute Gasteiger partial charge is 0.243 e. The maximum atomic E-state index is 12.8. The van der Waals surface area contributed by atoms with Crippen LogP contribution < -0.4 is 5.32 Å². The van der Waals surface area contributed by atoms with E-state index in [1.807, 2.05) is 6.07 Å². The van der Waals surface area contributed by atoms with E-state index in [2.05, 4.69) is 25.9 Å². The average molecular weight is 387 g/mol. The molecule has 2 aromatic rings. The fourth-order valence-corrected chi connectivity index (χ4v) is 4.52. The molecule has 1 aromatic carbocycles. The lowest BCUT2D eigenvalue weighted by Gasteiger charge is -2.30. The molecule has 2 N–H and O–H groups in total. The van der Waals surface area contributed by atoms with Gasteiger partial charge in [0.05, 0.1) is 4.90 Å². The molecule has 0 radical (unpaired) electrons. The molecule has 1 saturated carbocycles. The van der Waals surface area contributed by atoms with Crippen LogP contribution in [0.15, 0.2) is 35.4 Å². The van der Waals surface area contributed by atoms with Crippen LogP contribution in [0.5, 0.6) is 0 Å². The number of nitrogens with one attached hydrogen (secondary N) is 2. The van der Waals surface area contributed by atoms with E-state index >= 15 is 0 Å². The molecule has 9 nitrogen and oxygen atoms in total. The zero-order valence-corrected chi connectivity index (χ0v) is 15.8. The van der Waals surface area contributed by atoms with Crippen molar-refractivity contribution in [3.8, 4) is 6.07 Å². The molecule has 1 aliphatic carbocycles. The zero-order valence-electron chi connectivity index (χ0n) is 15.0. The SMILES string of the molecule is CN(C1CCCCC1)S(=O)(=O)c1ccc(NC=C(C#N)c2nn[nH]n2)cc1. The Morgan fingerprint density at radius 3 is 2.59 bits per heavy atom. The van der Waals surface area contributed by atoms with E-state index in [0.29, 0.717) is 5.69 Å². The number of aromatic nitrogens is 4. The summed E-state index contributed by atoms with van der Waals surface area (Å²) in [5, 5.41) is 25.3. The maximum absolute atomic E-state index is 12.8. The normalized spacial score (nSPS) is 16.3. The second-order valence-electron chi connectivity index (χ2n) is 6.39. The second-order valence-corrected chi connectivity index (χ2v) is 8.38. The number of benzene rings is 1. The number of sulfonamides is 1. The largest absolute Gasteiger partial charge is 0.360 e. The monoisotopic (exact) mass is 387 g/mol. The summed E-state index contributed by atoms with van der Waals surface area (Å²) < 4.78 is 27.2. The first-order valence-electron chi connectivity index (χ1n) is 8.71. The molecule has 0 spiro atoms. The van der Waals surface area contributed by atoms with Crippen LogP contribution in [0.2, 0.25) is 0 Å². The maximum Gasteiger partial charge on any atom is 0.243 e. The van der Waals surface area contributed by atoms with Crippen LogP contribution in [0.3, 0.4) is 0 Å². The second kappa shape index (κ2) is 8.28. The van der Waals surface area contributed by atoms with Gasteiger partial charge in [-0.1, -0.05) is 19.3 Å². The van der Waals surface area contributed by atoms with Crippen LogP contribution in [0.4, 0.5) is 5.69 Å². The Hall–Kier alpha value is -2.77. The van der Waals surface area contributed by atoms with Crippen LogP contribution in [0.25, 0.3) is 5.57 Å². The summed E-state index contributed by atoms with van der Waals surface area (Å²) in [6.45, 7) is 0. The van der Waals surface area contributed by atoms with Crippen molar-refractivity contribution >= 4 is 21.3 Å². The highest BCUT2D eigenvalue weighted by molar-refractivity contribution is 7.89. The van der Waals surface area contributed by atoms with E-state index in [1.54, 1.807) is 31.3 Å². The molecule has 3 rings (SSSR count). The van der Waals surface area contributed by atoms with Gasteiger partial charge in [0.1, 0.15) is 11.6 Å². The van der Waals surface area contributed by atoms with Crippen molar-refractivity contribution < 1.29 is 8.42 Å². The Labute approximate surface area is 158 Å². The summed E-state index contributed by atoms with van der Waals surface area (Å²) in [4.78, 5) is 0.253. The van der Waals surface area contributed by atoms with Crippen LogP contribution >= 0.6 is 0 Å². The molecule has 142 valence electrons. The van der Waals surface area contributed by atoms with E-state index in [4.69, 9.17) is 5.26 Å². The molecule has 0 saturated heterocycles. The standard InChI is InChI=1S/C17H21N7O2S/c1-24(15-5-3-2-4-6-15)27(25,26)16-9-7-14(8-10-16)19-12-13(11-18)17-20-22-23-21-17/h7-10,12,15,19H,2-6H2,1H3,(H,20,21,22,23). The third-order valence-electron chi connectivity index (χ3n) is 4.71. The van der Waals surface area contributed by atoms with Crippen LogP contribution in [0, 0.1) is 11.3 Å². The molecule has 0 atom stereocenters. The lowest BCUT2D eigenvalue weighted by atomic mass is 9.96. The predicted molar refractivity (Wildman–Crippen MR) is 99.7 cm³/mol. The average Bonchev–Trinajstić information content (AvgIpc) is 3.23. The molecule has 1 aliphatic rings. The first kappa shape index (κ1) is 19.0. The van der Waals surface area contributed by atoms with Crippen LogP contribution in [-0.2, 0) is 10.0 Å². The van der Waals surface area contributed by atoms with E-state index in [9.17, 15) is 8.42 Å². The number of nitrogens with zero attached hydrogens (tertiary/aromatic N) is 5. The lowest BCUT2D eigenvalue weighted by molar-refractivity contribution is 0.286. The van der Waals surface area contributed by atoms with Gasteiger partial charge in [-0.15, -0.1) is 10.2 Å². The highest BCUT2D eigenvalue weighted by atomic mass is 32.2. The highest BCUT2D eigenvalue weighted by Crippen LogP contribution is 2.27. The quantitative estimate of drug-likeness (QED) is 0.727. The Balaban J connectivity index is 1.72. The molecule has 0 unspecified atom stereocenters. The number of rotatable bonds is 6. The van der Waals surface area contributed by atoms with Gasteiger partial charge >= 0.3 is 0 Å². The van der Waals surface area contributed by atoms with E-state index in [1.165, 1.54) is 16.9 Å². The van der Waals surface area contributed by atoms with E-state index in [0.717, 1.165) is 25.7 Å². The fraction of sp³-hybridized carbons (Fsp3) is 0.412. The minimum absolute atomic E-state index is 0.0673. The van der Waals surface area contributed by atoms with E-state index < -0.39 is 10.0 Å². The van der Waals surface area contributed by atoms with Gasteiger partial charge in [0.2, 0.25) is 15.8 Å². The van der Waals surface area contributed by atoms with Gasteiger partial charge in [0.15, 0.2) is 0 Å². The molecule has 0 amide bonds. The third kappa shape index (κ3) is 4.32. The van der Waals surface area contributed by atoms with Crippen molar-refractivity contribution in [1.82, 2.24) is 24.9 Å². The molecule has 1 aromatic heterocycles. The molecular weight excluding hydrogens is 366 g/mol. The molecule has 0 bridgehead atoms. The molecular formula is C17H21N7O2S. The topological polar surface area (TPSA) is 128 Å². The fourth-order valence-electron chi connectivity index (χ4n) is 3.11. The first-order chi connectivity index (χ1) is 13.0. The van der Waals surface area contributed by atoms with Gasteiger partial charge in [-0.25, -0.2) is 8.42 Å². The summed E-state index contributed by atoms with van der Waals surface area (Å²) in [6, 6.07) is 8.47. The van der Waals surface area contributed by atoms with E-state index in [-0.39, 0.29) is 22.3 Å². The molecule has 10 heteroatoms. The van der Waals surface area contributed by atoms with Crippen molar-refractivity contribution in [2.75, 3.05) is 12.4 Å². The number of nitriles is 1. The zero-order chi connectivity index (χ0) is 19.3. The molecule has 0 aliphatic heterocycles. The summed E-state index contributed by atoms with van der Waals surface area (Å²) in [5.41, 5.74) is 0.850. The van der Waals surface area contributed by atoms with Gasteiger partial charge in [-0.2, -0.15) is 14.8 Å². The number of aromatic amines is 1. The van der Waals surface area contributed by atoms with Gasteiger partial charge in [0.25, 0.3) is 0 Å². The summed E-state index contributed by atoms with van der Waals surface area (Å²) in [7, 11) is -1.86. The van der Waals surface area contributed by atoms with Crippen molar-refractivity contribution in [2.24, 2.45) is 0 Å². The van der Waals surface area contributed by atoms with Crippen LogP contribution in [-0.4, -0.2) is 46.4 Å². The Morgan fingerprint density at radius 2 is 2.00 bits per heavy atom. The van der Waals surface area contributed by atoms with Gasteiger partial charge in [-0.3, -0.25) is 0 Å². The number of tetrazole rings is 1. The number of anilines is 1.